The molecule has 0 unspecified atom stereocenters. The third-order valence-electron chi connectivity index (χ3n) is 4.61. The molecule has 0 aliphatic heterocycles. The second-order valence-corrected chi connectivity index (χ2v) is 7.31. The highest BCUT2D eigenvalue weighted by molar-refractivity contribution is 6.04. The fourth-order valence-electron chi connectivity index (χ4n) is 2.80. The molecule has 0 atom stereocenters. The molecule has 0 aliphatic rings. The van der Waals surface area contributed by atoms with Gasteiger partial charge in [0.15, 0.2) is 0 Å². The van der Waals surface area contributed by atoms with Crippen molar-refractivity contribution in [3.8, 4) is 11.5 Å². The van der Waals surface area contributed by atoms with Gasteiger partial charge in [0.25, 0.3) is 5.91 Å². The summed E-state index contributed by atoms with van der Waals surface area (Å²) >= 11 is 0. The summed E-state index contributed by atoms with van der Waals surface area (Å²) in [6.07, 6.45) is 0. The Morgan fingerprint density at radius 2 is 1.61 bits per heavy atom. The second-order valence-electron chi connectivity index (χ2n) is 7.31. The quantitative estimate of drug-likeness (QED) is 0.532. The molecule has 0 radical (unpaired) electrons. The minimum Gasteiger partial charge on any atom is -0.494 e. The fourth-order valence-corrected chi connectivity index (χ4v) is 2.80. The summed E-state index contributed by atoms with van der Waals surface area (Å²) in [7, 11) is 1.51. The van der Waals surface area contributed by atoms with Crippen LogP contribution in [-0.2, 0) is 11.4 Å². The summed E-state index contributed by atoms with van der Waals surface area (Å²) in [4.78, 5) is 24.5. The van der Waals surface area contributed by atoms with Crippen LogP contribution in [-0.4, -0.2) is 18.9 Å². The first-order chi connectivity index (χ1) is 15.0. The van der Waals surface area contributed by atoms with E-state index in [4.69, 9.17) is 9.47 Å². The number of methoxy groups -OCH3 is 1. The number of carbonyl (C=O) groups excluding carboxylic acids is 2. The first-order valence-electron chi connectivity index (χ1n) is 10.0. The molecular weight excluding hydrogens is 392 g/mol. The van der Waals surface area contributed by atoms with Crippen LogP contribution < -0.4 is 20.1 Å². The molecule has 31 heavy (non-hydrogen) atoms. The van der Waals surface area contributed by atoms with Crippen molar-refractivity contribution < 1.29 is 19.1 Å². The largest absolute Gasteiger partial charge is 0.494 e. The lowest BCUT2D eigenvalue weighted by Gasteiger charge is -2.14. The highest BCUT2D eigenvalue weighted by atomic mass is 16.5. The van der Waals surface area contributed by atoms with Gasteiger partial charge in [-0.1, -0.05) is 44.2 Å². The molecule has 2 amide bonds. The molecule has 160 valence electrons. The lowest BCUT2D eigenvalue weighted by atomic mass is 10.1. The molecule has 0 bridgehead atoms. The summed E-state index contributed by atoms with van der Waals surface area (Å²) in [6.45, 7) is 4.09. The number of ether oxygens (including phenoxy) is 2. The predicted molar refractivity (Wildman–Crippen MR) is 122 cm³/mol. The minimum atomic E-state index is -0.254. The molecule has 3 aromatic carbocycles. The van der Waals surface area contributed by atoms with Gasteiger partial charge in [-0.05, 0) is 42.0 Å². The Balaban J connectivity index is 1.62. The van der Waals surface area contributed by atoms with E-state index in [1.54, 1.807) is 42.5 Å². The second kappa shape index (κ2) is 10.3. The lowest BCUT2D eigenvalue weighted by Crippen LogP contribution is -2.18. The highest BCUT2D eigenvalue weighted by Gasteiger charge is 2.13. The summed E-state index contributed by atoms with van der Waals surface area (Å²) < 4.78 is 11.1. The molecule has 0 saturated heterocycles. The van der Waals surface area contributed by atoms with E-state index in [2.05, 4.69) is 10.6 Å². The molecular formula is C25H26N2O4. The van der Waals surface area contributed by atoms with Gasteiger partial charge in [0.1, 0.15) is 18.1 Å². The first-order valence-corrected chi connectivity index (χ1v) is 10.0. The van der Waals surface area contributed by atoms with Gasteiger partial charge in [0.05, 0.1) is 12.8 Å². The zero-order chi connectivity index (χ0) is 22.2. The van der Waals surface area contributed by atoms with Gasteiger partial charge in [-0.15, -0.1) is 0 Å². The van der Waals surface area contributed by atoms with Crippen molar-refractivity contribution in [1.82, 2.24) is 0 Å². The fraction of sp³-hybridized carbons (Fsp3) is 0.200. The van der Waals surface area contributed by atoms with E-state index in [1.165, 1.54) is 7.11 Å². The zero-order valence-electron chi connectivity index (χ0n) is 17.8. The molecule has 0 aromatic heterocycles. The minimum absolute atomic E-state index is 0.107. The van der Waals surface area contributed by atoms with E-state index < -0.39 is 0 Å². The summed E-state index contributed by atoms with van der Waals surface area (Å²) in [5, 5.41) is 5.65. The van der Waals surface area contributed by atoms with Crippen molar-refractivity contribution in [3.05, 3.63) is 83.9 Å². The van der Waals surface area contributed by atoms with Crippen molar-refractivity contribution in [1.29, 1.82) is 0 Å². The molecule has 3 rings (SSSR count). The van der Waals surface area contributed by atoms with Gasteiger partial charge in [-0.3, -0.25) is 9.59 Å². The molecule has 2 N–H and O–H groups in total. The van der Waals surface area contributed by atoms with Crippen LogP contribution in [0.15, 0.2) is 72.8 Å². The van der Waals surface area contributed by atoms with Crippen LogP contribution >= 0.6 is 0 Å². The van der Waals surface area contributed by atoms with Crippen molar-refractivity contribution >= 4 is 23.2 Å². The van der Waals surface area contributed by atoms with Gasteiger partial charge in [-0.2, -0.15) is 0 Å². The SMILES string of the molecule is COc1cc(NC(=O)c2ccc(OCc3ccccc3)cc2)ccc1NC(=O)C(C)C. The van der Waals surface area contributed by atoms with Crippen molar-refractivity contribution in [2.24, 2.45) is 5.92 Å². The Morgan fingerprint density at radius 3 is 2.26 bits per heavy atom. The average molecular weight is 418 g/mol. The maximum Gasteiger partial charge on any atom is 0.255 e. The molecule has 0 aliphatic carbocycles. The topological polar surface area (TPSA) is 76.7 Å². The normalized spacial score (nSPS) is 10.5. The number of carbonyl (C=O) groups is 2. The zero-order valence-corrected chi connectivity index (χ0v) is 17.8. The smallest absolute Gasteiger partial charge is 0.255 e. The van der Waals surface area contributed by atoms with Gasteiger partial charge in [-0.25, -0.2) is 0 Å². The number of hydrogen-bond donors (Lipinski definition) is 2. The monoisotopic (exact) mass is 418 g/mol. The molecule has 0 spiro atoms. The Labute approximate surface area is 182 Å². The van der Waals surface area contributed by atoms with Gasteiger partial charge in [0, 0.05) is 23.2 Å². The van der Waals surface area contributed by atoms with Crippen LogP contribution in [0.5, 0.6) is 11.5 Å². The summed E-state index contributed by atoms with van der Waals surface area (Å²) in [5.74, 6) is 0.646. The van der Waals surface area contributed by atoms with Crippen molar-refractivity contribution in [3.63, 3.8) is 0 Å². The number of benzene rings is 3. The van der Waals surface area contributed by atoms with E-state index in [9.17, 15) is 9.59 Å². The third kappa shape index (κ3) is 6.09. The molecule has 3 aromatic rings. The van der Waals surface area contributed by atoms with Crippen molar-refractivity contribution in [2.45, 2.75) is 20.5 Å². The maximum absolute atomic E-state index is 12.6. The van der Waals surface area contributed by atoms with Crippen molar-refractivity contribution in [2.75, 3.05) is 17.7 Å². The van der Waals surface area contributed by atoms with Crippen LogP contribution in [0.4, 0.5) is 11.4 Å². The third-order valence-corrected chi connectivity index (χ3v) is 4.61. The Kier molecular flexibility index (Phi) is 7.27. The number of amides is 2. The Morgan fingerprint density at radius 1 is 0.903 bits per heavy atom. The Hall–Kier alpha value is -3.80. The van der Waals surface area contributed by atoms with E-state index in [0.717, 1.165) is 5.56 Å². The number of hydrogen-bond acceptors (Lipinski definition) is 4. The van der Waals surface area contributed by atoms with Crippen LogP contribution in [0, 0.1) is 5.92 Å². The summed E-state index contributed by atoms with van der Waals surface area (Å²) in [6, 6.07) is 21.9. The van der Waals surface area contributed by atoms with Gasteiger partial charge in [0.2, 0.25) is 5.91 Å². The van der Waals surface area contributed by atoms with Gasteiger partial charge < -0.3 is 20.1 Å². The van der Waals surface area contributed by atoms with Gasteiger partial charge >= 0.3 is 0 Å². The van der Waals surface area contributed by atoms with E-state index in [-0.39, 0.29) is 17.7 Å². The first kappa shape index (κ1) is 21.9. The van der Waals surface area contributed by atoms with Crippen LogP contribution in [0.3, 0.4) is 0 Å². The molecule has 6 heteroatoms. The molecule has 6 nitrogen and oxygen atoms in total. The van der Waals surface area contributed by atoms with Crippen LogP contribution in [0.1, 0.15) is 29.8 Å². The summed E-state index contributed by atoms with van der Waals surface area (Å²) in [5.41, 5.74) is 2.70. The highest BCUT2D eigenvalue weighted by Crippen LogP contribution is 2.28. The number of rotatable bonds is 8. The Bertz CT molecular complexity index is 1030. The lowest BCUT2D eigenvalue weighted by molar-refractivity contribution is -0.118. The molecule has 0 heterocycles. The number of anilines is 2. The predicted octanol–water partition coefficient (Wildman–Crippen LogP) is 5.12. The van der Waals surface area contributed by atoms with Crippen LogP contribution in [0.2, 0.25) is 0 Å². The standard InChI is InChI=1S/C25H26N2O4/c1-17(2)24(28)27-22-14-11-20(15-23(22)30-3)26-25(29)19-9-12-21(13-10-19)31-16-18-7-5-4-6-8-18/h4-15,17H,16H2,1-3H3,(H,26,29)(H,27,28). The average Bonchev–Trinajstić information content (AvgIpc) is 2.79. The maximum atomic E-state index is 12.6. The van der Waals surface area contributed by atoms with Crippen LogP contribution in [0.25, 0.3) is 0 Å². The molecule has 0 fully saturated rings. The van der Waals surface area contributed by atoms with E-state index in [0.29, 0.717) is 35.0 Å². The van der Waals surface area contributed by atoms with E-state index in [1.807, 2.05) is 44.2 Å². The number of nitrogens with one attached hydrogen (secondary N) is 2. The van der Waals surface area contributed by atoms with E-state index >= 15 is 0 Å². The molecule has 0 saturated carbocycles.